The first kappa shape index (κ1) is 27.8. The van der Waals surface area contributed by atoms with Crippen LogP contribution in [0, 0.1) is 17.8 Å². The number of hydrogen-bond donors (Lipinski definition) is 0. The van der Waals surface area contributed by atoms with Gasteiger partial charge in [0.15, 0.2) is 8.32 Å². The van der Waals surface area contributed by atoms with Gasteiger partial charge < -0.3 is 9.16 Å². The lowest BCUT2D eigenvalue weighted by Gasteiger charge is -2.41. The molecular formula is C24H44O4Si. The Kier molecular flexibility index (Phi) is 10.8. The first-order valence-electron chi connectivity index (χ1n) is 10.7. The molecule has 0 aromatic heterocycles. The third-order valence-electron chi connectivity index (χ3n) is 6.20. The summed E-state index contributed by atoms with van der Waals surface area (Å²) in [6.07, 6.45) is 3.08. The van der Waals surface area contributed by atoms with E-state index in [-0.39, 0.29) is 40.6 Å². The first-order valence-corrected chi connectivity index (χ1v) is 13.6. The number of allylic oxidation sites excluding steroid dienone is 2. The molecule has 4 nitrogen and oxygen atoms in total. The van der Waals surface area contributed by atoms with Crippen molar-refractivity contribution in [3.05, 3.63) is 23.8 Å². The second-order valence-electron chi connectivity index (χ2n) is 9.93. The maximum absolute atomic E-state index is 13.2. The predicted molar refractivity (Wildman–Crippen MR) is 124 cm³/mol. The van der Waals surface area contributed by atoms with E-state index >= 15 is 0 Å². The van der Waals surface area contributed by atoms with Crippen molar-refractivity contribution in [2.45, 2.75) is 92.5 Å². The Bertz CT molecular complexity index is 613. The summed E-state index contributed by atoms with van der Waals surface area (Å²) in [6.45, 7) is 25.0. The zero-order chi connectivity index (χ0) is 23.2. The minimum absolute atomic E-state index is 0.0637. The summed E-state index contributed by atoms with van der Waals surface area (Å²) < 4.78 is 11.4. The van der Waals surface area contributed by atoms with E-state index in [1.807, 2.05) is 33.8 Å². The molecule has 0 fully saturated rings. The number of Topliss-reactive ketones (excluding diaryl/α,β-unsaturated/α-hetero) is 1. The molecule has 0 radical (unpaired) electrons. The van der Waals surface area contributed by atoms with Gasteiger partial charge in [-0.1, -0.05) is 66.7 Å². The Morgan fingerprint density at radius 3 is 2.07 bits per heavy atom. The summed E-state index contributed by atoms with van der Waals surface area (Å²) in [4.78, 5) is 24.9. The van der Waals surface area contributed by atoms with Gasteiger partial charge in [-0.25, -0.2) is 0 Å². The van der Waals surface area contributed by atoms with Gasteiger partial charge in [-0.15, -0.1) is 0 Å². The van der Waals surface area contributed by atoms with Crippen LogP contribution in [0.5, 0.6) is 0 Å². The van der Waals surface area contributed by atoms with Crippen molar-refractivity contribution >= 4 is 20.1 Å². The van der Waals surface area contributed by atoms with Crippen LogP contribution in [-0.4, -0.2) is 33.3 Å². The monoisotopic (exact) mass is 424 g/mol. The average Bonchev–Trinajstić information content (AvgIpc) is 2.62. The minimum atomic E-state index is -2.04. The zero-order valence-corrected chi connectivity index (χ0v) is 21.6. The number of ketones is 1. The largest absolute Gasteiger partial charge is 0.469 e. The smallest absolute Gasteiger partial charge is 0.308 e. The minimum Gasteiger partial charge on any atom is -0.469 e. The van der Waals surface area contributed by atoms with E-state index in [4.69, 9.17) is 9.16 Å². The summed E-state index contributed by atoms with van der Waals surface area (Å²) in [5.74, 6) is -0.815. The Hall–Kier alpha value is -1.20. The lowest BCUT2D eigenvalue weighted by Crippen LogP contribution is -2.47. The molecule has 29 heavy (non-hydrogen) atoms. The summed E-state index contributed by atoms with van der Waals surface area (Å²) in [6, 6.07) is 0. The van der Waals surface area contributed by atoms with Gasteiger partial charge in [-0.05, 0) is 43.5 Å². The highest BCUT2D eigenvalue weighted by atomic mass is 28.4. The Balaban J connectivity index is 5.46. The number of carbonyl (C=O) groups excluding carboxylic acids is 2. The number of methoxy groups -OCH3 is 1. The van der Waals surface area contributed by atoms with Crippen LogP contribution >= 0.6 is 0 Å². The van der Waals surface area contributed by atoms with Crippen molar-refractivity contribution in [1.82, 2.24) is 0 Å². The molecule has 0 N–H and O–H groups in total. The summed E-state index contributed by atoms with van der Waals surface area (Å²) in [7, 11) is -0.643. The predicted octanol–water partition coefficient (Wildman–Crippen LogP) is 6.33. The fourth-order valence-electron chi connectivity index (χ4n) is 3.14. The summed E-state index contributed by atoms with van der Waals surface area (Å²) in [5, 5.41) is 0.0637. The van der Waals surface area contributed by atoms with E-state index in [9.17, 15) is 9.59 Å². The molecule has 4 atom stereocenters. The highest BCUT2D eigenvalue weighted by Gasteiger charge is 2.42. The Morgan fingerprint density at radius 2 is 1.66 bits per heavy atom. The normalized spacial score (nSPS) is 17.3. The molecule has 168 valence electrons. The molecule has 0 bridgehead atoms. The third kappa shape index (κ3) is 8.21. The van der Waals surface area contributed by atoms with Crippen molar-refractivity contribution in [2.75, 3.05) is 7.11 Å². The molecule has 0 saturated carbocycles. The van der Waals surface area contributed by atoms with E-state index < -0.39 is 8.32 Å². The molecule has 0 rings (SSSR count). The van der Waals surface area contributed by atoms with Gasteiger partial charge in [0.1, 0.15) is 5.78 Å². The van der Waals surface area contributed by atoms with Gasteiger partial charge >= 0.3 is 5.97 Å². The summed E-state index contributed by atoms with van der Waals surface area (Å²) in [5.41, 5.74) is 2.00. The van der Waals surface area contributed by atoms with Crippen LogP contribution in [0.3, 0.4) is 0 Å². The van der Waals surface area contributed by atoms with E-state index in [2.05, 4.69) is 47.4 Å². The van der Waals surface area contributed by atoms with Gasteiger partial charge in [0.2, 0.25) is 0 Å². The SMILES string of the molecule is C=C(CC)[C@@H](O[Si](C)(C)C(C)(C)C)[C@H](C)C(=O)[C@H](C)/C=C(\C)C[C@@H](C)C(=O)OC. The zero-order valence-electron chi connectivity index (χ0n) is 20.6. The van der Waals surface area contributed by atoms with Gasteiger partial charge in [0, 0.05) is 11.8 Å². The molecule has 5 heteroatoms. The standard InChI is InChI=1S/C24H44O4Si/c1-13-17(3)22(28-29(11,12)24(7,8)9)20(6)21(25)18(4)14-16(2)15-19(5)23(26)27-10/h14,18-20,22H,3,13,15H2,1-2,4-12H3/b16-14+/t18-,19-,20-,22-/m1/s1. The number of rotatable bonds is 11. The van der Waals surface area contributed by atoms with E-state index in [1.165, 1.54) is 7.11 Å². The second kappa shape index (κ2) is 11.3. The molecule has 0 aromatic rings. The highest BCUT2D eigenvalue weighted by Crippen LogP contribution is 2.39. The molecule has 0 aromatic carbocycles. The van der Waals surface area contributed by atoms with Crippen LogP contribution in [0.1, 0.15) is 68.2 Å². The first-order chi connectivity index (χ1) is 13.1. The molecule has 0 aliphatic carbocycles. The average molecular weight is 425 g/mol. The van der Waals surface area contributed by atoms with Crippen LogP contribution in [0.15, 0.2) is 23.8 Å². The number of ether oxygens (including phenoxy) is 1. The lowest BCUT2D eigenvalue weighted by molar-refractivity contribution is -0.144. The molecule has 0 aliphatic rings. The molecular weight excluding hydrogens is 380 g/mol. The molecule has 0 heterocycles. The maximum Gasteiger partial charge on any atom is 0.308 e. The number of hydrogen-bond acceptors (Lipinski definition) is 4. The maximum atomic E-state index is 13.2. The lowest BCUT2D eigenvalue weighted by atomic mass is 9.86. The van der Waals surface area contributed by atoms with Gasteiger partial charge in [-0.2, -0.15) is 0 Å². The van der Waals surface area contributed by atoms with Crippen LogP contribution in [-0.2, 0) is 18.8 Å². The van der Waals surface area contributed by atoms with E-state index in [0.717, 1.165) is 17.6 Å². The third-order valence-corrected chi connectivity index (χ3v) is 10.7. The second-order valence-corrected chi connectivity index (χ2v) is 14.7. The van der Waals surface area contributed by atoms with Crippen molar-refractivity contribution in [3.63, 3.8) is 0 Å². The molecule has 0 spiro atoms. The van der Waals surface area contributed by atoms with Crippen LogP contribution in [0.2, 0.25) is 18.1 Å². The van der Waals surface area contributed by atoms with Crippen LogP contribution in [0.25, 0.3) is 0 Å². The fraction of sp³-hybridized carbons (Fsp3) is 0.750. The van der Waals surface area contributed by atoms with Crippen LogP contribution < -0.4 is 0 Å². The summed E-state index contributed by atoms with van der Waals surface area (Å²) >= 11 is 0. The molecule has 0 amide bonds. The van der Waals surface area contributed by atoms with Crippen molar-refractivity contribution < 1.29 is 18.8 Å². The van der Waals surface area contributed by atoms with E-state index in [0.29, 0.717) is 6.42 Å². The van der Waals surface area contributed by atoms with Gasteiger partial charge in [0.25, 0.3) is 0 Å². The van der Waals surface area contributed by atoms with Crippen LogP contribution in [0.4, 0.5) is 0 Å². The van der Waals surface area contributed by atoms with Crippen molar-refractivity contribution in [1.29, 1.82) is 0 Å². The van der Waals surface area contributed by atoms with E-state index in [1.54, 1.807) is 0 Å². The quantitative estimate of drug-likeness (QED) is 0.221. The molecule has 0 aliphatic heterocycles. The fourth-order valence-corrected chi connectivity index (χ4v) is 4.50. The number of carbonyl (C=O) groups is 2. The molecule has 0 unspecified atom stereocenters. The van der Waals surface area contributed by atoms with Gasteiger partial charge in [0.05, 0.1) is 19.1 Å². The topological polar surface area (TPSA) is 52.6 Å². The highest BCUT2D eigenvalue weighted by molar-refractivity contribution is 6.74. The van der Waals surface area contributed by atoms with Crippen molar-refractivity contribution in [2.24, 2.45) is 17.8 Å². The Labute approximate surface area is 180 Å². The Morgan fingerprint density at radius 1 is 1.14 bits per heavy atom. The van der Waals surface area contributed by atoms with Gasteiger partial charge in [-0.3, -0.25) is 9.59 Å². The van der Waals surface area contributed by atoms with Crippen molar-refractivity contribution in [3.8, 4) is 0 Å². The number of esters is 1. The molecule has 0 saturated heterocycles.